The second kappa shape index (κ2) is 4.11. The molecule has 0 spiro atoms. The Balaban J connectivity index is 2.14. The fraction of sp³-hybridized carbons (Fsp3) is 0.700. The van der Waals surface area contributed by atoms with Crippen LogP contribution < -0.4 is 5.73 Å². The van der Waals surface area contributed by atoms with E-state index in [1.165, 1.54) is 0 Å². The minimum absolute atomic E-state index is 0.0697. The average Bonchev–Trinajstić information content (AvgIpc) is 2.76. The molecule has 1 unspecified atom stereocenters. The summed E-state index contributed by atoms with van der Waals surface area (Å²) >= 11 is 0. The fourth-order valence-electron chi connectivity index (χ4n) is 1.72. The highest BCUT2D eigenvalue weighted by molar-refractivity contribution is 5.09. The number of nitrogens with zero attached hydrogens (tertiary/aromatic N) is 1. The number of oxazole rings is 1. The molecule has 1 fully saturated rings. The first kappa shape index (κ1) is 9.68. The maximum Gasteiger partial charge on any atom is 0.223 e. The van der Waals surface area contributed by atoms with Crippen molar-refractivity contribution in [2.75, 3.05) is 13.2 Å². The van der Waals surface area contributed by atoms with Gasteiger partial charge in [-0.15, -0.1) is 0 Å². The largest absolute Gasteiger partial charge is 0.443 e. The lowest BCUT2D eigenvalue weighted by atomic mass is 10.2. The van der Waals surface area contributed by atoms with Crippen LogP contribution in [0.25, 0.3) is 0 Å². The van der Waals surface area contributed by atoms with E-state index in [0.717, 1.165) is 43.2 Å². The maximum atomic E-state index is 5.62. The van der Waals surface area contributed by atoms with Crippen LogP contribution in [-0.2, 0) is 11.2 Å². The van der Waals surface area contributed by atoms with Gasteiger partial charge in [-0.1, -0.05) is 0 Å². The van der Waals surface area contributed by atoms with Crippen LogP contribution in [0.15, 0.2) is 4.42 Å². The van der Waals surface area contributed by atoms with Crippen molar-refractivity contribution in [2.24, 2.45) is 5.73 Å². The van der Waals surface area contributed by atoms with E-state index in [9.17, 15) is 0 Å². The number of nitrogens with two attached hydrogens (primary N) is 1. The number of ether oxygens (including phenoxy) is 1. The Morgan fingerprint density at radius 1 is 1.57 bits per heavy atom. The van der Waals surface area contributed by atoms with Gasteiger partial charge in [0.05, 0.1) is 5.69 Å². The summed E-state index contributed by atoms with van der Waals surface area (Å²) < 4.78 is 11.1. The van der Waals surface area contributed by atoms with Crippen molar-refractivity contribution in [2.45, 2.75) is 32.3 Å². The average molecular weight is 196 g/mol. The Kier molecular flexibility index (Phi) is 2.84. The van der Waals surface area contributed by atoms with Gasteiger partial charge >= 0.3 is 0 Å². The molecular formula is C10H16N2O2. The molecule has 0 aliphatic carbocycles. The number of hydrogen-bond acceptors (Lipinski definition) is 4. The monoisotopic (exact) mass is 196 g/mol. The summed E-state index contributed by atoms with van der Waals surface area (Å²) in [6.07, 6.45) is 2.94. The summed E-state index contributed by atoms with van der Waals surface area (Å²) in [5.74, 6) is 1.63. The van der Waals surface area contributed by atoms with E-state index in [2.05, 4.69) is 4.98 Å². The van der Waals surface area contributed by atoms with Crippen molar-refractivity contribution in [1.29, 1.82) is 0 Å². The molecule has 1 aromatic heterocycles. The molecule has 0 aromatic carbocycles. The topological polar surface area (TPSA) is 61.3 Å². The second-order valence-electron chi connectivity index (χ2n) is 3.60. The number of hydrogen-bond donors (Lipinski definition) is 1. The molecule has 1 aliphatic rings. The third-order valence-corrected chi connectivity index (χ3v) is 2.49. The standard InChI is InChI=1S/C10H16N2O2/c1-7-8(4-5-11)14-10(12-7)9-3-2-6-13-9/h9H,2-6,11H2,1H3. The van der Waals surface area contributed by atoms with E-state index >= 15 is 0 Å². The third kappa shape index (κ3) is 1.81. The molecule has 2 N–H and O–H groups in total. The highest BCUT2D eigenvalue weighted by Crippen LogP contribution is 2.29. The Hall–Kier alpha value is -0.870. The fourth-order valence-corrected chi connectivity index (χ4v) is 1.72. The molecule has 4 heteroatoms. The van der Waals surface area contributed by atoms with Crippen molar-refractivity contribution in [3.05, 3.63) is 17.3 Å². The minimum atomic E-state index is 0.0697. The molecule has 1 aromatic rings. The SMILES string of the molecule is Cc1nc(C2CCCO2)oc1CCN. The second-order valence-corrected chi connectivity index (χ2v) is 3.60. The first-order valence-electron chi connectivity index (χ1n) is 5.09. The summed E-state index contributed by atoms with van der Waals surface area (Å²) in [5.41, 5.74) is 6.42. The van der Waals surface area contributed by atoms with E-state index < -0.39 is 0 Å². The van der Waals surface area contributed by atoms with Gasteiger partial charge in [-0.05, 0) is 26.3 Å². The smallest absolute Gasteiger partial charge is 0.223 e. The number of aryl methyl sites for hydroxylation is 1. The van der Waals surface area contributed by atoms with Crippen LogP contribution in [-0.4, -0.2) is 18.1 Å². The van der Waals surface area contributed by atoms with E-state index in [0.29, 0.717) is 6.54 Å². The van der Waals surface area contributed by atoms with Crippen molar-refractivity contribution in [3.8, 4) is 0 Å². The van der Waals surface area contributed by atoms with Crippen LogP contribution in [0.4, 0.5) is 0 Å². The third-order valence-electron chi connectivity index (χ3n) is 2.49. The van der Waals surface area contributed by atoms with Crippen LogP contribution in [0.3, 0.4) is 0 Å². The quantitative estimate of drug-likeness (QED) is 0.792. The Morgan fingerprint density at radius 3 is 3.07 bits per heavy atom. The molecular weight excluding hydrogens is 180 g/mol. The summed E-state index contributed by atoms with van der Waals surface area (Å²) in [7, 11) is 0. The first-order chi connectivity index (χ1) is 6.81. The molecule has 1 atom stereocenters. The number of aromatic nitrogens is 1. The predicted molar refractivity (Wildman–Crippen MR) is 51.9 cm³/mol. The molecule has 2 rings (SSSR count). The van der Waals surface area contributed by atoms with Crippen molar-refractivity contribution >= 4 is 0 Å². The van der Waals surface area contributed by atoms with Crippen LogP contribution in [0.1, 0.15) is 36.3 Å². The predicted octanol–water partition coefficient (Wildman–Crippen LogP) is 1.34. The summed E-state index contributed by atoms with van der Waals surface area (Å²) in [6.45, 7) is 3.37. The van der Waals surface area contributed by atoms with E-state index in [-0.39, 0.29) is 6.10 Å². The highest BCUT2D eigenvalue weighted by atomic mass is 16.5. The molecule has 4 nitrogen and oxygen atoms in total. The van der Waals surface area contributed by atoms with E-state index in [4.69, 9.17) is 14.9 Å². The molecule has 78 valence electrons. The summed E-state index contributed by atoms with van der Waals surface area (Å²) in [4.78, 5) is 4.36. The van der Waals surface area contributed by atoms with Gasteiger partial charge in [-0.3, -0.25) is 0 Å². The molecule has 0 saturated carbocycles. The molecule has 14 heavy (non-hydrogen) atoms. The van der Waals surface area contributed by atoms with Gasteiger partial charge in [-0.25, -0.2) is 4.98 Å². The zero-order chi connectivity index (χ0) is 9.97. The van der Waals surface area contributed by atoms with Gasteiger partial charge in [0.25, 0.3) is 0 Å². The Labute approximate surface area is 83.4 Å². The normalized spacial score (nSPS) is 21.7. The van der Waals surface area contributed by atoms with Crippen LogP contribution >= 0.6 is 0 Å². The summed E-state index contributed by atoms with van der Waals surface area (Å²) in [6, 6.07) is 0. The van der Waals surface area contributed by atoms with Gasteiger partial charge in [0.2, 0.25) is 5.89 Å². The van der Waals surface area contributed by atoms with Gasteiger partial charge in [-0.2, -0.15) is 0 Å². The molecule has 1 aliphatic heterocycles. The lowest BCUT2D eigenvalue weighted by Gasteiger charge is -2.02. The molecule has 0 radical (unpaired) electrons. The van der Waals surface area contributed by atoms with Crippen LogP contribution in [0.2, 0.25) is 0 Å². The minimum Gasteiger partial charge on any atom is -0.443 e. The van der Waals surface area contributed by atoms with Crippen molar-refractivity contribution in [3.63, 3.8) is 0 Å². The van der Waals surface area contributed by atoms with Gasteiger partial charge in [0, 0.05) is 13.0 Å². The van der Waals surface area contributed by atoms with Gasteiger partial charge < -0.3 is 14.9 Å². The lowest BCUT2D eigenvalue weighted by molar-refractivity contribution is 0.0881. The zero-order valence-electron chi connectivity index (χ0n) is 8.45. The number of rotatable bonds is 3. The Morgan fingerprint density at radius 2 is 2.43 bits per heavy atom. The van der Waals surface area contributed by atoms with Crippen LogP contribution in [0, 0.1) is 6.92 Å². The Bertz CT molecular complexity index is 303. The molecule has 1 saturated heterocycles. The van der Waals surface area contributed by atoms with Gasteiger partial charge in [0.15, 0.2) is 0 Å². The summed E-state index contributed by atoms with van der Waals surface area (Å²) in [5, 5.41) is 0. The van der Waals surface area contributed by atoms with Crippen LogP contribution in [0.5, 0.6) is 0 Å². The molecule has 0 amide bonds. The van der Waals surface area contributed by atoms with Crippen molar-refractivity contribution < 1.29 is 9.15 Å². The van der Waals surface area contributed by atoms with E-state index in [1.54, 1.807) is 0 Å². The molecule has 0 bridgehead atoms. The zero-order valence-corrected chi connectivity index (χ0v) is 8.45. The maximum absolute atomic E-state index is 5.62. The molecule has 2 heterocycles. The van der Waals surface area contributed by atoms with Gasteiger partial charge in [0.1, 0.15) is 11.9 Å². The lowest BCUT2D eigenvalue weighted by Crippen LogP contribution is -2.02. The van der Waals surface area contributed by atoms with Crippen molar-refractivity contribution in [1.82, 2.24) is 4.98 Å². The van der Waals surface area contributed by atoms with E-state index in [1.807, 2.05) is 6.92 Å². The first-order valence-corrected chi connectivity index (χ1v) is 5.09. The highest BCUT2D eigenvalue weighted by Gasteiger charge is 2.23.